The predicted octanol–water partition coefficient (Wildman–Crippen LogP) is 9.43. The molecule has 5 aliphatic rings. The highest BCUT2D eigenvalue weighted by molar-refractivity contribution is 5.87. The number of hydrogen-bond donors (Lipinski definition) is 1. The van der Waals surface area contributed by atoms with Gasteiger partial charge in [-0.15, -0.1) is 0 Å². The third-order valence-electron chi connectivity index (χ3n) is 15.1. The van der Waals surface area contributed by atoms with E-state index in [1.807, 2.05) is 0 Å². The first-order chi connectivity index (χ1) is 22.8. The molecule has 0 bridgehead atoms. The second-order valence-corrected chi connectivity index (χ2v) is 18.3. The molecule has 1 aromatic carbocycles. The molecule has 49 heavy (non-hydrogen) atoms. The summed E-state index contributed by atoms with van der Waals surface area (Å²) in [5.74, 6) is 0.383. The number of ether oxygens (including phenoxy) is 3. The van der Waals surface area contributed by atoms with Crippen LogP contribution < -0.4 is 9.47 Å². The molecular formula is C42H58O7. The van der Waals surface area contributed by atoms with Crippen molar-refractivity contribution in [2.24, 2.45) is 50.2 Å². The monoisotopic (exact) mass is 674 g/mol. The lowest BCUT2D eigenvalue weighted by molar-refractivity contribution is -0.212. The zero-order valence-electron chi connectivity index (χ0n) is 31.2. The second kappa shape index (κ2) is 12.0. The quantitative estimate of drug-likeness (QED) is 0.139. The fourth-order valence-electron chi connectivity index (χ4n) is 12.2. The van der Waals surface area contributed by atoms with E-state index < -0.39 is 17.4 Å². The van der Waals surface area contributed by atoms with Crippen molar-refractivity contribution in [3.63, 3.8) is 0 Å². The highest BCUT2D eigenvalue weighted by Crippen LogP contribution is 2.75. The topological polar surface area (TPSA) is 99.1 Å². The Bertz CT molecular complexity index is 1580. The van der Waals surface area contributed by atoms with E-state index in [1.165, 1.54) is 25.7 Å². The van der Waals surface area contributed by atoms with Gasteiger partial charge in [-0.25, -0.2) is 4.79 Å². The lowest BCUT2D eigenvalue weighted by atomic mass is 9.33. The van der Waals surface area contributed by atoms with Crippen LogP contribution in [0.5, 0.6) is 11.5 Å². The van der Waals surface area contributed by atoms with E-state index in [0.717, 1.165) is 69.8 Å². The molecule has 1 N–H and O–H groups in total. The molecule has 4 fully saturated rings. The molecular weight excluding hydrogens is 616 g/mol. The number of aliphatic carboxylic acids is 1. The van der Waals surface area contributed by atoms with Gasteiger partial charge in [-0.05, 0) is 127 Å². The number of carboxylic acids is 1. The highest BCUT2D eigenvalue weighted by atomic mass is 16.6. The van der Waals surface area contributed by atoms with Crippen LogP contribution in [0.15, 0.2) is 35.9 Å². The molecule has 0 saturated heterocycles. The molecule has 5 aliphatic carbocycles. The molecule has 0 heterocycles. The van der Waals surface area contributed by atoms with Crippen LogP contribution in [-0.4, -0.2) is 36.2 Å². The zero-order valence-corrected chi connectivity index (χ0v) is 31.2. The lowest BCUT2D eigenvalue weighted by Crippen LogP contribution is -2.65. The largest absolute Gasteiger partial charge is 0.493 e. The van der Waals surface area contributed by atoms with Crippen molar-refractivity contribution in [3.8, 4) is 11.5 Å². The van der Waals surface area contributed by atoms with Crippen molar-refractivity contribution in [2.75, 3.05) is 7.11 Å². The van der Waals surface area contributed by atoms with Crippen LogP contribution >= 0.6 is 0 Å². The van der Waals surface area contributed by atoms with Gasteiger partial charge in [0.1, 0.15) is 6.10 Å². The van der Waals surface area contributed by atoms with E-state index in [1.54, 1.807) is 24.3 Å². The van der Waals surface area contributed by atoms with Crippen LogP contribution in [0.25, 0.3) is 6.08 Å². The van der Waals surface area contributed by atoms with Gasteiger partial charge in [-0.2, -0.15) is 0 Å². The number of rotatable bonds is 6. The maximum Gasteiger partial charge on any atom is 0.331 e. The standard InChI is InChI=1S/C42H58O7/c1-26(43)48-30-13-10-27(24-31(30)47-9)11-15-35(44)49-34-17-18-39(6)32(38(34,4)5)16-19-41(8)33(39)14-12-28-29-25-37(2,3)20-22-42(29,36(45)46)23-21-40(28,41)7/h10-13,15,24,29,32-34H,14,16-23,25H2,1-9H3,(H,45,46)/b15-11+/t29-,32+,33-,34+,39+,40-,41-,42+/m1/s1. The summed E-state index contributed by atoms with van der Waals surface area (Å²) in [6.07, 6.45) is 15.0. The summed E-state index contributed by atoms with van der Waals surface area (Å²) in [5.41, 5.74) is 1.70. The molecule has 4 saturated carbocycles. The van der Waals surface area contributed by atoms with Crippen LogP contribution in [0.2, 0.25) is 0 Å². The van der Waals surface area contributed by atoms with Crippen molar-refractivity contribution < 1.29 is 33.7 Å². The molecule has 0 spiro atoms. The highest BCUT2D eigenvalue weighted by Gasteiger charge is 2.69. The summed E-state index contributed by atoms with van der Waals surface area (Å²) in [5, 5.41) is 10.7. The maximum atomic E-state index is 13.2. The number of methoxy groups -OCH3 is 1. The van der Waals surface area contributed by atoms with Gasteiger partial charge >= 0.3 is 17.9 Å². The number of carbonyl (C=O) groups is 3. The Labute approximate surface area is 293 Å². The molecule has 268 valence electrons. The number of carbonyl (C=O) groups excluding carboxylic acids is 2. The molecule has 0 aliphatic heterocycles. The summed E-state index contributed by atoms with van der Waals surface area (Å²) < 4.78 is 16.8. The summed E-state index contributed by atoms with van der Waals surface area (Å²) in [6, 6.07) is 5.15. The first kappa shape index (κ1) is 35.7. The Balaban J connectivity index is 1.22. The molecule has 0 radical (unpaired) electrons. The third kappa shape index (κ3) is 5.56. The maximum absolute atomic E-state index is 13.2. The number of benzene rings is 1. The van der Waals surface area contributed by atoms with Gasteiger partial charge in [-0.3, -0.25) is 9.59 Å². The molecule has 1 aromatic rings. The lowest BCUT2D eigenvalue weighted by Gasteiger charge is -2.71. The molecule has 0 amide bonds. The molecule has 0 aromatic heterocycles. The fraction of sp³-hybridized carbons (Fsp3) is 0.690. The van der Waals surface area contributed by atoms with Gasteiger partial charge in [0, 0.05) is 18.4 Å². The van der Waals surface area contributed by atoms with Gasteiger partial charge in [0.05, 0.1) is 12.5 Å². The van der Waals surface area contributed by atoms with Crippen LogP contribution in [-0.2, 0) is 19.1 Å². The van der Waals surface area contributed by atoms with E-state index in [0.29, 0.717) is 23.3 Å². The fourth-order valence-corrected chi connectivity index (χ4v) is 12.2. The SMILES string of the molecule is COc1cc(/C=C/C(=O)O[C@H]2CC[C@]3(C)[C@H]4CC=C5[C@H]6CC(C)(C)CC[C@]6(C(=O)O)CC[C@@]5(C)[C@]4(C)CC[C@H]3C2(C)C)ccc1OC(C)=O. The summed E-state index contributed by atoms with van der Waals surface area (Å²) >= 11 is 0. The van der Waals surface area contributed by atoms with Crippen molar-refractivity contribution in [1.29, 1.82) is 0 Å². The zero-order chi connectivity index (χ0) is 35.8. The molecule has 7 nitrogen and oxygen atoms in total. The van der Waals surface area contributed by atoms with Gasteiger partial charge in [0.25, 0.3) is 0 Å². The molecule has 0 unspecified atom stereocenters. The predicted molar refractivity (Wildman–Crippen MR) is 190 cm³/mol. The Morgan fingerprint density at radius 3 is 2.27 bits per heavy atom. The van der Waals surface area contributed by atoms with E-state index in [4.69, 9.17) is 14.2 Å². The second-order valence-electron chi connectivity index (χ2n) is 18.3. The minimum Gasteiger partial charge on any atom is -0.493 e. The van der Waals surface area contributed by atoms with Crippen molar-refractivity contribution >= 4 is 24.0 Å². The number of allylic oxidation sites excluding steroid dienone is 2. The first-order valence-electron chi connectivity index (χ1n) is 18.5. The van der Waals surface area contributed by atoms with Gasteiger partial charge < -0.3 is 19.3 Å². The molecule has 6 rings (SSSR count). The van der Waals surface area contributed by atoms with Crippen molar-refractivity contribution in [1.82, 2.24) is 0 Å². The minimum atomic E-state index is -0.622. The minimum absolute atomic E-state index is 0.0156. The van der Waals surface area contributed by atoms with E-state index >= 15 is 0 Å². The Hall–Kier alpha value is -3.09. The first-order valence-corrected chi connectivity index (χ1v) is 18.5. The van der Waals surface area contributed by atoms with Crippen LogP contribution in [0.3, 0.4) is 0 Å². The normalized spacial score (nSPS) is 38.9. The van der Waals surface area contributed by atoms with Gasteiger partial charge in [0.2, 0.25) is 0 Å². The average molecular weight is 675 g/mol. The summed E-state index contributed by atoms with van der Waals surface area (Å²) in [4.78, 5) is 37.6. The van der Waals surface area contributed by atoms with E-state index in [9.17, 15) is 19.5 Å². The van der Waals surface area contributed by atoms with Gasteiger partial charge in [0.15, 0.2) is 11.5 Å². The summed E-state index contributed by atoms with van der Waals surface area (Å²) in [6.45, 7) is 18.2. The number of esters is 2. The molecule has 8 atom stereocenters. The van der Waals surface area contributed by atoms with Gasteiger partial charge in [-0.1, -0.05) is 66.2 Å². The van der Waals surface area contributed by atoms with Crippen LogP contribution in [0.1, 0.15) is 125 Å². The van der Waals surface area contributed by atoms with Crippen LogP contribution in [0, 0.1) is 50.2 Å². The van der Waals surface area contributed by atoms with E-state index in [-0.39, 0.29) is 45.1 Å². The number of fused-ring (bicyclic) bond motifs is 7. The van der Waals surface area contributed by atoms with Crippen molar-refractivity contribution in [3.05, 3.63) is 41.5 Å². The average Bonchev–Trinajstić information content (AvgIpc) is 3.01. The third-order valence-corrected chi connectivity index (χ3v) is 15.1. The Morgan fingerprint density at radius 2 is 1.59 bits per heavy atom. The van der Waals surface area contributed by atoms with Crippen molar-refractivity contribution in [2.45, 2.75) is 126 Å². The smallest absolute Gasteiger partial charge is 0.331 e. The summed E-state index contributed by atoms with van der Waals surface area (Å²) in [7, 11) is 1.51. The van der Waals surface area contributed by atoms with Crippen LogP contribution in [0.4, 0.5) is 0 Å². The molecule has 7 heteroatoms. The number of carboxylic acid groups (broad SMARTS) is 1. The number of hydrogen-bond acceptors (Lipinski definition) is 6. The Kier molecular flexibility index (Phi) is 8.76. The Morgan fingerprint density at radius 1 is 0.878 bits per heavy atom. The van der Waals surface area contributed by atoms with E-state index in [2.05, 4.69) is 54.5 Å².